The number of phenols is 1. The van der Waals surface area contributed by atoms with Crippen molar-refractivity contribution in [1.82, 2.24) is 0 Å². The van der Waals surface area contributed by atoms with Crippen LogP contribution in [0.5, 0.6) is 28.7 Å². The number of ether oxygens (including phenoxy) is 4. The molecule has 2 heterocycles. The zero-order valence-corrected chi connectivity index (χ0v) is 19.0. The van der Waals surface area contributed by atoms with Crippen LogP contribution in [0.2, 0.25) is 0 Å². The van der Waals surface area contributed by atoms with Gasteiger partial charge in [0.2, 0.25) is 5.78 Å². The Morgan fingerprint density at radius 2 is 1.72 bits per heavy atom. The Morgan fingerprint density at radius 3 is 2.38 bits per heavy atom. The number of carbonyl (C=O) groups is 1. The minimum absolute atomic E-state index is 0.160. The summed E-state index contributed by atoms with van der Waals surface area (Å²) in [6, 6.07) is 6.65. The Morgan fingerprint density at radius 1 is 1.06 bits per heavy atom. The monoisotopic (exact) mass is 440 g/mol. The van der Waals surface area contributed by atoms with Gasteiger partial charge in [0.05, 0.1) is 45.5 Å². The first-order valence-electron chi connectivity index (χ1n) is 10.9. The van der Waals surface area contributed by atoms with Crippen LogP contribution in [0, 0.1) is 5.92 Å². The molecule has 7 nitrogen and oxygen atoms in total. The zero-order valence-electron chi connectivity index (χ0n) is 19.0. The molecule has 0 radical (unpaired) electrons. The number of carbonyl (C=O) groups excluding carboxylic acids is 1. The van der Waals surface area contributed by atoms with E-state index in [4.69, 9.17) is 18.9 Å². The number of quaternary nitrogens is 1. The lowest BCUT2D eigenvalue weighted by Crippen LogP contribution is -3.11. The van der Waals surface area contributed by atoms with E-state index in [0.29, 0.717) is 46.2 Å². The highest BCUT2D eigenvalue weighted by Gasteiger charge is 2.33. The highest BCUT2D eigenvalue weighted by molar-refractivity contribution is 6.15. The average molecular weight is 441 g/mol. The van der Waals surface area contributed by atoms with Crippen molar-refractivity contribution in [3.63, 3.8) is 0 Å². The van der Waals surface area contributed by atoms with E-state index >= 15 is 0 Å². The largest absolute Gasteiger partial charge is 0.507 e. The number of hydrogen-bond donors (Lipinski definition) is 2. The summed E-state index contributed by atoms with van der Waals surface area (Å²) in [5, 5.41) is 10.6. The van der Waals surface area contributed by atoms with Gasteiger partial charge in [0.15, 0.2) is 23.0 Å². The fourth-order valence-electron chi connectivity index (χ4n) is 4.37. The van der Waals surface area contributed by atoms with E-state index in [0.717, 1.165) is 31.8 Å². The molecule has 0 amide bonds. The minimum Gasteiger partial charge on any atom is -0.507 e. The molecule has 0 aliphatic carbocycles. The van der Waals surface area contributed by atoms with Crippen LogP contribution in [-0.4, -0.2) is 45.3 Å². The van der Waals surface area contributed by atoms with E-state index in [1.807, 2.05) is 0 Å². The van der Waals surface area contributed by atoms with Gasteiger partial charge in [-0.05, 0) is 43.0 Å². The quantitative estimate of drug-likeness (QED) is 0.673. The average Bonchev–Trinajstić information content (AvgIpc) is 3.12. The number of fused-ring (bicyclic) bond motifs is 1. The molecule has 0 bridgehead atoms. The SMILES string of the molecule is COc1cc(OC)c(OC)cc1/C=C1\Oc2c(ccc(O)c2C[NH+]2CCC(C)CC2)C1=O. The van der Waals surface area contributed by atoms with E-state index in [9.17, 15) is 9.90 Å². The van der Waals surface area contributed by atoms with E-state index in [-0.39, 0.29) is 17.3 Å². The van der Waals surface area contributed by atoms with Gasteiger partial charge in [-0.2, -0.15) is 0 Å². The summed E-state index contributed by atoms with van der Waals surface area (Å²) in [6.07, 6.45) is 3.96. The molecule has 0 aromatic heterocycles. The molecule has 2 aromatic rings. The van der Waals surface area contributed by atoms with Crippen LogP contribution in [0.15, 0.2) is 30.0 Å². The number of aromatic hydroxyl groups is 1. The van der Waals surface area contributed by atoms with E-state index in [1.54, 1.807) is 51.7 Å². The minimum atomic E-state index is -0.222. The summed E-state index contributed by atoms with van der Waals surface area (Å²) >= 11 is 0. The Labute approximate surface area is 188 Å². The topological polar surface area (TPSA) is 78.7 Å². The molecule has 1 fully saturated rings. The Kier molecular flexibility index (Phi) is 6.28. The predicted molar refractivity (Wildman–Crippen MR) is 120 cm³/mol. The van der Waals surface area contributed by atoms with E-state index < -0.39 is 0 Å². The van der Waals surface area contributed by atoms with Crippen molar-refractivity contribution in [3.8, 4) is 28.7 Å². The van der Waals surface area contributed by atoms with E-state index in [2.05, 4.69) is 6.92 Å². The highest BCUT2D eigenvalue weighted by Crippen LogP contribution is 2.41. The second kappa shape index (κ2) is 9.12. The molecule has 170 valence electrons. The van der Waals surface area contributed by atoms with Gasteiger partial charge in [0, 0.05) is 11.6 Å². The molecule has 0 saturated carbocycles. The summed E-state index contributed by atoms with van der Waals surface area (Å²) in [6.45, 7) is 4.99. The molecule has 7 heteroatoms. The maximum absolute atomic E-state index is 13.1. The maximum atomic E-state index is 13.1. The first kappa shape index (κ1) is 22.0. The summed E-state index contributed by atoms with van der Waals surface area (Å²) in [4.78, 5) is 14.5. The van der Waals surface area contributed by atoms with Crippen LogP contribution in [-0.2, 0) is 6.54 Å². The van der Waals surface area contributed by atoms with Crippen molar-refractivity contribution < 1.29 is 33.7 Å². The number of Topliss-reactive ketones (excluding diaryl/α,β-unsaturated/α-hetero) is 1. The van der Waals surface area contributed by atoms with Crippen molar-refractivity contribution in [1.29, 1.82) is 0 Å². The van der Waals surface area contributed by atoms with Crippen molar-refractivity contribution in [2.75, 3.05) is 34.4 Å². The Bertz CT molecular complexity index is 1050. The second-order valence-corrected chi connectivity index (χ2v) is 8.44. The van der Waals surface area contributed by atoms with Crippen LogP contribution < -0.4 is 23.8 Å². The number of allylic oxidation sites excluding steroid dienone is 1. The number of methoxy groups -OCH3 is 3. The van der Waals surface area contributed by atoms with Crippen LogP contribution in [0.1, 0.15) is 41.3 Å². The lowest BCUT2D eigenvalue weighted by Gasteiger charge is -2.27. The van der Waals surface area contributed by atoms with E-state index in [1.165, 1.54) is 4.90 Å². The van der Waals surface area contributed by atoms with Crippen molar-refractivity contribution in [2.24, 2.45) is 5.92 Å². The molecule has 0 spiro atoms. The lowest BCUT2D eigenvalue weighted by molar-refractivity contribution is -0.919. The number of likely N-dealkylation sites (tertiary alicyclic amines) is 1. The highest BCUT2D eigenvalue weighted by atomic mass is 16.5. The smallest absolute Gasteiger partial charge is 0.231 e. The number of nitrogens with one attached hydrogen (secondary N) is 1. The lowest BCUT2D eigenvalue weighted by atomic mass is 9.98. The molecule has 2 aromatic carbocycles. The molecule has 0 unspecified atom stereocenters. The molecule has 2 N–H and O–H groups in total. The molecule has 32 heavy (non-hydrogen) atoms. The molecule has 0 atom stereocenters. The van der Waals surface area contributed by atoms with Gasteiger partial charge < -0.3 is 29.0 Å². The Balaban J connectivity index is 1.67. The number of rotatable bonds is 6. The summed E-state index contributed by atoms with van der Waals surface area (Å²) < 4.78 is 22.2. The third-order valence-electron chi connectivity index (χ3n) is 6.35. The van der Waals surface area contributed by atoms with Crippen LogP contribution in [0.3, 0.4) is 0 Å². The number of ketones is 1. The second-order valence-electron chi connectivity index (χ2n) is 8.44. The first-order chi connectivity index (χ1) is 15.4. The third-order valence-corrected chi connectivity index (χ3v) is 6.35. The summed E-state index contributed by atoms with van der Waals surface area (Å²) in [5.41, 5.74) is 1.78. The van der Waals surface area contributed by atoms with Gasteiger partial charge in [-0.15, -0.1) is 0 Å². The molecule has 2 aliphatic rings. The third kappa shape index (κ3) is 4.12. The van der Waals surface area contributed by atoms with Crippen molar-refractivity contribution in [2.45, 2.75) is 26.3 Å². The van der Waals surface area contributed by atoms with Gasteiger partial charge >= 0.3 is 0 Å². The van der Waals surface area contributed by atoms with Gasteiger partial charge in [0.25, 0.3) is 0 Å². The maximum Gasteiger partial charge on any atom is 0.231 e. The van der Waals surface area contributed by atoms with Crippen LogP contribution in [0.4, 0.5) is 0 Å². The molecular weight excluding hydrogens is 410 g/mol. The van der Waals surface area contributed by atoms with Gasteiger partial charge in [-0.1, -0.05) is 6.92 Å². The molecule has 4 rings (SSSR count). The predicted octanol–water partition coefficient (Wildman–Crippen LogP) is 2.85. The standard InChI is InChI=1S/C25H29NO6/c1-15-7-9-26(10-8-15)14-18-19(27)6-5-17-24(28)23(32-25(17)18)12-16-11-21(30-3)22(31-4)13-20(16)29-2/h5-6,11-13,15,27H,7-10,14H2,1-4H3/p+1/b23-12-. The number of hydrogen-bond acceptors (Lipinski definition) is 6. The van der Waals surface area contributed by atoms with Crippen molar-refractivity contribution in [3.05, 3.63) is 46.7 Å². The first-order valence-corrected chi connectivity index (χ1v) is 10.9. The zero-order chi connectivity index (χ0) is 22.8. The summed E-state index contributed by atoms with van der Waals surface area (Å²) in [5.74, 6) is 2.87. The fraction of sp³-hybridized carbons (Fsp3) is 0.400. The number of phenolic OH excluding ortho intramolecular Hbond substituents is 1. The van der Waals surface area contributed by atoms with Gasteiger partial charge in [0.1, 0.15) is 18.0 Å². The van der Waals surface area contributed by atoms with Gasteiger partial charge in [-0.3, -0.25) is 4.79 Å². The Hall–Kier alpha value is -3.19. The number of benzene rings is 2. The van der Waals surface area contributed by atoms with Crippen LogP contribution in [0.25, 0.3) is 6.08 Å². The molecule has 1 saturated heterocycles. The normalized spacial score (nSPS) is 21.2. The molecule has 2 aliphatic heterocycles. The van der Waals surface area contributed by atoms with Gasteiger partial charge in [-0.25, -0.2) is 0 Å². The summed E-state index contributed by atoms with van der Waals surface area (Å²) in [7, 11) is 4.65. The fourth-order valence-corrected chi connectivity index (χ4v) is 4.37. The number of piperidine rings is 1. The van der Waals surface area contributed by atoms with Crippen molar-refractivity contribution >= 4 is 11.9 Å². The van der Waals surface area contributed by atoms with Crippen LogP contribution >= 0.6 is 0 Å². The molecular formula is C25H30NO6+.